The molecular formula is C32H34N2O5. The number of nitrogens with zero attached hydrogens (tertiary/aromatic N) is 1. The van der Waals surface area contributed by atoms with Crippen LogP contribution in [0.3, 0.4) is 0 Å². The molecule has 1 N–H and O–H groups in total. The highest BCUT2D eigenvalue weighted by Crippen LogP contribution is 2.34. The van der Waals surface area contributed by atoms with Gasteiger partial charge in [0.25, 0.3) is 5.91 Å². The summed E-state index contributed by atoms with van der Waals surface area (Å²) >= 11 is 0. The standard InChI is InChI=1S/C32H34N2O5/c1-22-15-23(2)17-27(16-22)32(11-13-38-14-12-32)34-31(36)29-19-25(7-8-26(29)9-10-30(35)37-3)21-39-28-6-4-5-24(18-28)20-33/h4-8,15-19H,9-14,21H2,1-3H3,(H,34,36). The van der Waals surface area contributed by atoms with Gasteiger partial charge in [-0.3, -0.25) is 9.59 Å². The Kier molecular flexibility index (Phi) is 9.00. The van der Waals surface area contributed by atoms with E-state index in [-0.39, 0.29) is 24.9 Å². The Morgan fingerprint density at radius 3 is 2.46 bits per heavy atom. The quantitative estimate of drug-likeness (QED) is 0.380. The fourth-order valence-electron chi connectivity index (χ4n) is 5.04. The van der Waals surface area contributed by atoms with E-state index in [4.69, 9.17) is 19.5 Å². The van der Waals surface area contributed by atoms with Gasteiger partial charge in [0.15, 0.2) is 0 Å². The van der Waals surface area contributed by atoms with Crippen molar-refractivity contribution < 1.29 is 23.8 Å². The van der Waals surface area contributed by atoms with Crippen LogP contribution < -0.4 is 10.1 Å². The first-order valence-corrected chi connectivity index (χ1v) is 13.1. The molecule has 1 fully saturated rings. The Labute approximate surface area is 229 Å². The Bertz CT molecular complexity index is 1370. The zero-order chi connectivity index (χ0) is 27.8. The zero-order valence-corrected chi connectivity index (χ0v) is 22.7. The van der Waals surface area contributed by atoms with Gasteiger partial charge in [0.2, 0.25) is 0 Å². The van der Waals surface area contributed by atoms with Crippen molar-refractivity contribution in [1.82, 2.24) is 5.32 Å². The lowest BCUT2D eigenvalue weighted by Crippen LogP contribution is -2.49. The van der Waals surface area contributed by atoms with Crippen molar-refractivity contribution in [1.29, 1.82) is 5.26 Å². The van der Waals surface area contributed by atoms with Gasteiger partial charge in [-0.1, -0.05) is 47.5 Å². The van der Waals surface area contributed by atoms with Gasteiger partial charge in [0.1, 0.15) is 12.4 Å². The van der Waals surface area contributed by atoms with E-state index >= 15 is 0 Å². The van der Waals surface area contributed by atoms with Gasteiger partial charge in [0, 0.05) is 25.2 Å². The molecule has 1 aliphatic rings. The van der Waals surface area contributed by atoms with E-state index in [1.165, 1.54) is 7.11 Å². The summed E-state index contributed by atoms with van der Waals surface area (Å²) in [6, 6.07) is 21.0. The first-order valence-electron chi connectivity index (χ1n) is 13.1. The fraction of sp³-hybridized carbons (Fsp3) is 0.344. The molecular weight excluding hydrogens is 492 g/mol. The van der Waals surface area contributed by atoms with Crippen molar-refractivity contribution in [2.75, 3.05) is 20.3 Å². The number of carbonyl (C=O) groups is 2. The number of nitrogens with one attached hydrogen (secondary N) is 1. The van der Waals surface area contributed by atoms with Crippen molar-refractivity contribution in [3.63, 3.8) is 0 Å². The Balaban J connectivity index is 1.64. The van der Waals surface area contributed by atoms with Crippen LogP contribution in [0.4, 0.5) is 0 Å². The summed E-state index contributed by atoms with van der Waals surface area (Å²) in [5.41, 5.74) is 5.37. The molecule has 0 atom stereocenters. The molecule has 0 spiro atoms. The predicted molar refractivity (Wildman–Crippen MR) is 147 cm³/mol. The summed E-state index contributed by atoms with van der Waals surface area (Å²) in [6.07, 6.45) is 1.87. The third-order valence-electron chi connectivity index (χ3n) is 7.09. The van der Waals surface area contributed by atoms with Crippen LogP contribution in [-0.4, -0.2) is 32.2 Å². The third-order valence-corrected chi connectivity index (χ3v) is 7.09. The van der Waals surface area contributed by atoms with Crippen molar-refractivity contribution in [2.45, 2.75) is 51.7 Å². The topological polar surface area (TPSA) is 97.7 Å². The number of amides is 1. The highest BCUT2D eigenvalue weighted by atomic mass is 16.5. The Morgan fingerprint density at radius 1 is 1.03 bits per heavy atom. The fourth-order valence-corrected chi connectivity index (χ4v) is 5.04. The molecule has 1 saturated heterocycles. The van der Waals surface area contributed by atoms with Gasteiger partial charge in [-0.05, 0) is 74.1 Å². The minimum atomic E-state index is -0.560. The minimum absolute atomic E-state index is 0.170. The number of hydrogen-bond donors (Lipinski definition) is 1. The average Bonchev–Trinajstić information content (AvgIpc) is 2.95. The number of methoxy groups -OCH3 is 1. The average molecular weight is 527 g/mol. The van der Waals surface area contributed by atoms with Crippen molar-refractivity contribution in [2.24, 2.45) is 0 Å². The summed E-state index contributed by atoms with van der Waals surface area (Å²) in [4.78, 5) is 25.8. The summed E-state index contributed by atoms with van der Waals surface area (Å²) in [5, 5.41) is 12.5. The molecule has 202 valence electrons. The molecule has 0 bridgehead atoms. The van der Waals surface area contributed by atoms with Crippen LogP contribution in [-0.2, 0) is 32.8 Å². The Morgan fingerprint density at radius 2 is 1.77 bits per heavy atom. The number of ether oxygens (including phenoxy) is 3. The maximum absolute atomic E-state index is 14.0. The number of esters is 1. The van der Waals surface area contributed by atoms with Crippen LogP contribution in [0.25, 0.3) is 0 Å². The number of carbonyl (C=O) groups excluding carboxylic acids is 2. The molecule has 3 aromatic rings. The number of nitriles is 1. The van der Waals surface area contributed by atoms with Gasteiger partial charge in [-0.2, -0.15) is 5.26 Å². The SMILES string of the molecule is COC(=O)CCc1ccc(COc2cccc(C#N)c2)cc1C(=O)NC1(c2cc(C)cc(C)c2)CCOCC1. The molecule has 0 aliphatic carbocycles. The van der Waals surface area contributed by atoms with Gasteiger partial charge in [-0.25, -0.2) is 0 Å². The molecule has 1 amide bonds. The van der Waals surface area contributed by atoms with Gasteiger partial charge >= 0.3 is 5.97 Å². The van der Waals surface area contributed by atoms with Crippen LogP contribution >= 0.6 is 0 Å². The second-order valence-corrected chi connectivity index (χ2v) is 10.0. The van der Waals surface area contributed by atoms with E-state index in [0.717, 1.165) is 27.8 Å². The van der Waals surface area contributed by atoms with Gasteiger partial charge in [0.05, 0.1) is 24.3 Å². The lowest BCUT2D eigenvalue weighted by Gasteiger charge is -2.39. The molecule has 1 aliphatic heterocycles. The van der Waals surface area contributed by atoms with E-state index in [0.29, 0.717) is 49.4 Å². The first kappa shape index (κ1) is 27.9. The molecule has 39 heavy (non-hydrogen) atoms. The molecule has 3 aromatic carbocycles. The summed E-state index contributed by atoms with van der Waals surface area (Å²) in [5.74, 6) is 0.0392. The van der Waals surface area contributed by atoms with E-state index in [1.807, 2.05) is 18.2 Å². The van der Waals surface area contributed by atoms with Crippen LogP contribution in [0.2, 0.25) is 0 Å². The predicted octanol–water partition coefficient (Wildman–Crippen LogP) is 5.30. The molecule has 7 heteroatoms. The third kappa shape index (κ3) is 7.04. The van der Waals surface area contributed by atoms with Crippen molar-refractivity contribution >= 4 is 11.9 Å². The monoisotopic (exact) mass is 526 g/mol. The van der Waals surface area contributed by atoms with E-state index in [1.54, 1.807) is 24.3 Å². The molecule has 7 nitrogen and oxygen atoms in total. The number of benzene rings is 3. The molecule has 0 aromatic heterocycles. The molecule has 0 unspecified atom stereocenters. The molecule has 0 radical (unpaired) electrons. The smallest absolute Gasteiger partial charge is 0.305 e. The van der Waals surface area contributed by atoms with Crippen LogP contribution in [0.1, 0.15) is 63.0 Å². The second-order valence-electron chi connectivity index (χ2n) is 10.0. The lowest BCUT2D eigenvalue weighted by molar-refractivity contribution is -0.140. The largest absolute Gasteiger partial charge is 0.489 e. The summed E-state index contributed by atoms with van der Waals surface area (Å²) in [6.45, 7) is 5.46. The van der Waals surface area contributed by atoms with Crippen molar-refractivity contribution in [3.8, 4) is 11.8 Å². The zero-order valence-electron chi connectivity index (χ0n) is 22.7. The highest BCUT2D eigenvalue weighted by Gasteiger charge is 2.37. The molecule has 0 saturated carbocycles. The maximum Gasteiger partial charge on any atom is 0.305 e. The van der Waals surface area contributed by atoms with Crippen LogP contribution in [0, 0.1) is 25.2 Å². The van der Waals surface area contributed by atoms with Crippen molar-refractivity contribution in [3.05, 3.63) is 99.6 Å². The normalized spacial score (nSPS) is 14.2. The highest BCUT2D eigenvalue weighted by molar-refractivity contribution is 5.96. The van der Waals surface area contributed by atoms with Crippen LogP contribution in [0.15, 0.2) is 60.7 Å². The second kappa shape index (κ2) is 12.6. The number of hydrogen-bond acceptors (Lipinski definition) is 6. The van der Waals surface area contributed by atoms with E-state index in [2.05, 4.69) is 43.4 Å². The van der Waals surface area contributed by atoms with E-state index in [9.17, 15) is 9.59 Å². The minimum Gasteiger partial charge on any atom is -0.489 e. The van der Waals surface area contributed by atoms with Crippen LogP contribution in [0.5, 0.6) is 5.75 Å². The molecule has 4 rings (SSSR count). The lowest BCUT2D eigenvalue weighted by atomic mass is 9.81. The molecule has 1 heterocycles. The summed E-state index contributed by atoms with van der Waals surface area (Å²) < 4.78 is 16.4. The number of aryl methyl sites for hydroxylation is 3. The summed E-state index contributed by atoms with van der Waals surface area (Å²) in [7, 11) is 1.36. The Hall–Kier alpha value is -4.15. The number of rotatable bonds is 9. The maximum atomic E-state index is 14.0. The first-order chi connectivity index (χ1) is 18.8. The van der Waals surface area contributed by atoms with Gasteiger partial charge < -0.3 is 19.5 Å². The van der Waals surface area contributed by atoms with Gasteiger partial charge in [-0.15, -0.1) is 0 Å². The van der Waals surface area contributed by atoms with E-state index < -0.39 is 5.54 Å².